The Bertz CT molecular complexity index is 1070. The molecule has 0 N–H and O–H groups in total. The summed E-state index contributed by atoms with van der Waals surface area (Å²) in [5, 5.41) is 0. The van der Waals surface area contributed by atoms with Gasteiger partial charge in [-0.1, -0.05) is 18.2 Å². The summed E-state index contributed by atoms with van der Waals surface area (Å²) in [5.41, 5.74) is 2.44. The smallest absolute Gasteiger partial charge is 0.255 e. The van der Waals surface area contributed by atoms with Gasteiger partial charge in [0.25, 0.3) is 5.56 Å². The second-order valence-electron chi connectivity index (χ2n) is 6.98. The lowest BCUT2D eigenvalue weighted by atomic mass is 9.96. The molecule has 3 aromatic rings. The number of benzene rings is 1. The van der Waals surface area contributed by atoms with E-state index in [2.05, 4.69) is 9.88 Å². The van der Waals surface area contributed by atoms with Crippen LogP contribution in [0.2, 0.25) is 0 Å². The molecule has 2 aromatic heterocycles. The molecule has 2 aliphatic rings. The fraction of sp³-hybridized carbons (Fsp3) is 0.286. The highest BCUT2D eigenvalue weighted by Gasteiger charge is 2.40. The third-order valence-electron chi connectivity index (χ3n) is 5.36. The number of rotatable bonds is 2. The average Bonchev–Trinajstić information content (AvgIpc) is 2.75. The van der Waals surface area contributed by atoms with E-state index < -0.39 is 0 Å². The minimum Gasteiger partial charge on any atom is -0.491 e. The number of anilines is 1. The highest BCUT2D eigenvalue weighted by atomic mass is 16.5. The predicted molar refractivity (Wildman–Crippen MR) is 104 cm³/mol. The van der Waals surface area contributed by atoms with Crippen LogP contribution in [-0.4, -0.2) is 40.3 Å². The van der Waals surface area contributed by atoms with Crippen molar-refractivity contribution in [1.82, 2.24) is 14.5 Å². The highest BCUT2D eigenvalue weighted by Crippen LogP contribution is 2.39. The zero-order valence-electron chi connectivity index (χ0n) is 15.5. The van der Waals surface area contributed by atoms with E-state index >= 15 is 0 Å². The number of hydrogen-bond donors (Lipinski definition) is 0. The monoisotopic (exact) mass is 376 g/mol. The summed E-state index contributed by atoms with van der Waals surface area (Å²) in [6.07, 6.45) is 3.29. The lowest BCUT2D eigenvalue weighted by Crippen LogP contribution is -2.53. The van der Waals surface area contributed by atoms with Gasteiger partial charge in [0.05, 0.1) is 18.3 Å². The summed E-state index contributed by atoms with van der Waals surface area (Å²) in [4.78, 5) is 23.7. The first-order chi connectivity index (χ1) is 13.7. The number of ether oxygens (including phenoxy) is 2. The molecule has 2 atom stereocenters. The Balaban J connectivity index is 1.58. The zero-order valence-corrected chi connectivity index (χ0v) is 15.5. The van der Waals surface area contributed by atoms with Crippen LogP contribution in [0.25, 0.3) is 11.3 Å². The van der Waals surface area contributed by atoms with Gasteiger partial charge in [-0.3, -0.25) is 14.3 Å². The first-order valence-electron chi connectivity index (χ1n) is 9.31. The van der Waals surface area contributed by atoms with Crippen LogP contribution in [-0.2, 0) is 11.8 Å². The molecule has 7 heteroatoms. The first-order valence-corrected chi connectivity index (χ1v) is 9.31. The third kappa shape index (κ3) is 2.75. The summed E-state index contributed by atoms with van der Waals surface area (Å²) in [7, 11) is 1.75. The molecule has 2 unspecified atom stereocenters. The van der Waals surface area contributed by atoms with Crippen LogP contribution in [0, 0.1) is 0 Å². The van der Waals surface area contributed by atoms with Crippen LogP contribution in [0.3, 0.4) is 0 Å². The SMILES string of the molecule is Cn1c(N2CCOC3c4ccccc4OCC32)nc(-c2ccncc2)cc1=O. The molecular weight excluding hydrogens is 356 g/mol. The number of hydrogen-bond acceptors (Lipinski definition) is 6. The molecule has 0 aliphatic carbocycles. The summed E-state index contributed by atoms with van der Waals surface area (Å²) in [5.74, 6) is 1.48. The van der Waals surface area contributed by atoms with Crippen molar-refractivity contribution in [2.45, 2.75) is 12.1 Å². The number of para-hydroxylation sites is 1. The van der Waals surface area contributed by atoms with Gasteiger partial charge in [-0.2, -0.15) is 0 Å². The molecular formula is C21H20N4O3. The number of fused-ring (bicyclic) bond motifs is 3. The van der Waals surface area contributed by atoms with Crippen molar-refractivity contribution in [3.8, 4) is 17.0 Å². The molecule has 1 fully saturated rings. The Morgan fingerprint density at radius 2 is 1.96 bits per heavy atom. The van der Waals surface area contributed by atoms with Crippen molar-refractivity contribution in [2.24, 2.45) is 7.05 Å². The van der Waals surface area contributed by atoms with E-state index in [4.69, 9.17) is 14.5 Å². The lowest BCUT2D eigenvalue weighted by molar-refractivity contribution is -0.0164. The summed E-state index contributed by atoms with van der Waals surface area (Å²) in [6, 6.07) is 13.2. The maximum absolute atomic E-state index is 12.7. The Kier molecular flexibility index (Phi) is 4.09. The Labute approximate surface area is 162 Å². The van der Waals surface area contributed by atoms with Crippen LogP contribution in [0.4, 0.5) is 5.95 Å². The van der Waals surface area contributed by atoms with Crippen LogP contribution < -0.4 is 15.2 Å². The Hall–Kier alpha value is -3.19. The van der Waals surface area contributed by atoms with Crippen molar-refractivity contribution in [3.63, 3.8) is 0 Å². The fourth-order valence-electron chi connectivity index (χ4n) is 3.92. The van der Waals surface area contributed by atoms with Crippen molar-refractivity contribution in [1.29, 1.82) is 0 Å². The van der Waals surface area contributed by atoms with Crippen molar-refractivity contribution in [2.75, 3.05) is 24.7 Å². The van der Waals surface area contributed by atoms with Gasteiger partial charge in [-0.15, -0.1) is 0 Å². The van der Waals surface area contributed by atoms with E-state index in [9.17, 15) is 4.79 Å². The van der Waals surface area contributed by atoms with E-state index in [1.54, 1.807) is 30.1 Å². The van der Waals surface area contributed by atoms with Gasteiger partial charge in [0.15, 0.2) is 0 Å². The molecule has 28 heavy (non-hydrogen) atoms. The molecule has 0 radical (unpaired) electrons. The topological polar surface area (TPSA) is 69.5 Å². The maximum Gasteiger partial charge on any atom is 0.255 e. The largest absolute Gasteiger partial charge is 0.491 e. The number of morpholine rings is 1. The highest BCUT2D eigenvalue weighted by molar-refractivity contribution is 5.60. The van der Waals surface area contributed by atoms with Crippen LogP contribution in [0.5, 0.6) is 5.75 Å². The van der Waals surface area contributed by atoms with E-state index in [-0.39, 0.29) is 17.7 Å². The number of pyridine rings is 1. The van der Waals surface area contributed by atoms with Crippen LogP contribution >= 0.6 is 0 Å². The zero-order chi connectivity index (χ0) is 19.1. The Morgan fingerprint density at radius 3 is 2.82 bits per heavy atom. The third-order valence-corrected chi connectivity index (χ3v) is 5.36. The Morgan fingerprint density at radius 1 is 1.14 bits per heavy atom. The molecule has 1 saturated heterocycles. The van der Waals surface area contributed by atoms with Crippen LogP contribution in [0.1, 0.15) is 11.7 Å². The number of nitrogens with zero attached hydrogens (tertiary/aromatic N) is 4. The number of aromatic nitrogens is 3. The lowest BCUT2D eigenvalue weighted by Gasteiger charge is -2.44. The van der Waals surface area contributed by atoms with Gasteiger partial charge < -0.3 is 14.4 Å². The molecule has 2 aliphatic heterocycles. The minimum atomic E-state index is -0.111. The van der Waals surface area contributed by atoms with E-state index in [1.807, 2.05) is 36.4 Å². The molecule has 4 heterocycles. The van der Waals surface area contributed by atoms with Crippen LogP contribution in [0.15, 0.2) is 59.7 Å². The first kappa shape index (κ1) is 16.9. The van der Waals surface area contributed by atoms with Gasteiger partial charge in [0, 0.05) is 43.2 Å². The molecule has 5 rings (SSSR count). The van der Waals surface area contributed by atoms with Crippen molar-refractivity contribution >= 4 is 5.95 Å². The van der Waals surface area contributed by atoms with Gasteiger partial charge in [-0.25, -0.2) is 4.98 Å². The quantitative estimate of drug-likeness (QED) is 0.683. The second-order valence-corrected chi connectivity index (χ2v) is 6.98. The summed E-state index contributed by atoms with van der Waals surface area (Å²) < 4.78 is 13.7. The molecule has 142 valence electrons. The van der Waals surface area contributed by atoms with Crippen molar-refractivity contribution < 1.29 is 9.47 Å². The molecule has 1 aromatic carbocycles. The summed E-state index contributed by atoms with van der Waals surface area (Å²) in [6.45, 7) is 1.69. The maximum atomic E-state index is 12.7. The van der Waals surface area contributed by atoms with Crippen molar-refractivity contribution in [3.05, 3.63) is 70.8 Å². The molecule has 0 spiro atoms. The average molecular weight is 376 g/mol. The summed E-state index contributed by atoms with van der Waals surface area (Å²) >= 11 is 0. The van der Waals surface area contributed by atoms with E-state index in [0.717, 1.165) is 16.9 Å². The van der Waals surface area contributed by atoms with Gasteiger partial charge in [0.1, 0.15) is 18.5 Å². The molecule has 0 bridgehead atoms. The van der Waals surface area contributed by atoms with Gasteiger partial charge in [0.2, 0.25) is 5.95 Å². The normalized spacial score (nSPS) is 20.8. The molecule has 0 saturated carbocycles. The second kappa shape index (κ2) is 6.76. The fourth-order valence-corrected chi connectivity index (χ4v) is 3.92. The van der Waals surface area contributed by atoms with Gasteiger partial charge in [-0.05, 0) is 18.2 Å². The minimum absolute atomic E-state index is 0.0468. The standard InChI is InChI=1S/C21H20N4O3/c1-24-19(26)12-16(14-6-8-22-9-7-14)23-21(24)25-10-11-27-20-15-4-2-3-5-18(15)28-13-17(20)25/h2-9,12,17,20H,10-11,13H2,1H3. The van der Waals surface area contributed by atoms with E-state index in [0.29, 0.717) is 31.4 Å². The molecule has 0 amide bonds. The van der Waals surface area contributed by atoms with E-state index in [1.165, 1.54) is 0 Å². The molecule has 7 nitrogen and oxygen atoms in total. The van der Waals surface area contributed by atoms with Gasteiger partial charge >= 0.3 is 0 Å². The predicted octanol–water partition coefficient (Wildman–Crippen LogP) is 2.18.